The number of hydrogen-bond acceptors (Lipinski definition) is 5. The molecule has 27 heavy (non-hydrogen) atoms. The Hall–Kier alpha value is -1.34. The molecule has 0 amide bonds. The van der Waals surface area contributed by atoms with E-state index in [1.54, 1.807) is 6.07 Å². The van der Waals surface area contributed by atoms with Gasteiger partial charge in [0, 0.05) is 0 Å². The first-order valence-electron chi connectivity index (χ1n) is 10.0. The number of carbonyl (C=O) groups is 1. The first kappa shape index (κ1) is 23.7. The van der Waals surface area contributed by atoms with Crippen molar-refractivity contribution in [3.05, 3.63) is 23.7 Å². The predicted octanol–water partition coefficient (Wildman–Crippen LogP) is 5.27. The van der Waals surface area contributed by atoms with Crippen LogP contribution in [0.4, 0.5) is 0 Å². The standard InChI is InChI=1S/C20H34O6S/c1-3-5-7-8-10-12-17(11-9-6-4-2)20(21)25-15-18-13-14-19(26-18)16-27(22,23)24/h13-14,17H,3-12,15-16H2,1-2H3,(H,22,23,24). The zero-order chi connectivity index (χ0) is 20.1. The summed E-state index contributed by atoms with van der Waals surface area (Å²) in [4.78, 5) is 12.5. The fraction of sp³-hybridized carbons (Fsp3) is 0.750. The van der Waals surface area contributed by atoms with E-state index in [1.807, 2.05) is 0 Å². The lowest BCUT2D eigenvalue weighted by atomic mass is 9.94. The highest BCUT2D eigenvalue weighted by molar-refractivity contribution is 7.84. The van der Waals surface area contributed by atoms with Crippen LogP contribution in [0.5, 0.6) is 0 Å². The minimum absolute atomic E-state index is 0.0234. The van der Waals surface area contributed by atoms with E-state index in [9.17, 15) is 13.2 Å². The molecule has 1 N–H and O–H groups in total. The van der Waals surface area contributed by atoms with Gasteiger partial charge in [0.1, 0.15) is 23.9 Å². The van der Waals surface area contributed by atoms with Crippen LogP contribution >= 0.6 is 0 Å². The molecule has 0 aromatic carbocycles. The fourth-order valence-corrected chi connectivity index (χ4v) is 3.55. The van der Waals surface area contributed by atoms with Gasteiger partial charge in [-0.2, -0.15) is 8.42 Å². The zero-order valence-electron chi connectivity index (χ0n) is 16.6. The van der Waals surface area contributed by atoms with E-state index in [-0.39, 0.29) is 24.3 Å². The van der Waals surface area contributed by atoms with Crippen molar-refractivity contribution in [1.82, 2.24) is 0 Å². The molecule has 1 unspecified atom stereocenters. The fourth-order valence-electron chi connectivity index (χ4n) is 3.03. The first-order chi connectivity index (χ1) is 12.9. The number of carbonyl (C=O) groups excluding carboxylic acids is 1. The molecule has 1 atom stereocenters. The second-order valence-corrected chi connectivity index (χ2v) is 8.55. The van der Waals surface area contributed by atoms with Crippen LogP contribution in [0, 0.1) is 5.92 Å². The second-order valence-electron chi connectivity index (χ2n) is 7.10. The van der Waals surface area contributed by atoms with Crippen molar-refractivity contribution in [2.75, 3.05) is 0 Å². The third-order valence-corrected chi connectivity index (χ3v) is 5.19. The number of unbranched alkanes of at least 4 members (excludes halogenated alkanes) is 6. The van der Waals surface area contributed by atoms with Crippen molar-refractivity contribution in [2.45, 2.75) is 90.4 Å². The second kappa shape index (κ2) is 12.9. The van der Waals surface area contributed by atoms with Gasteiger partial charge in [0.15, 0.2) is 0 Å². The SMILES string of the molecule is CCCCCCCC(CCCCC)C(=O)OCc1ccc(CS(=O)(=O)O)o1. The predicted molar refractivity (Wildman–Crippen MR) is 105 cm³/mol. The molecule has 0 saturated carbocycles. The van der Waals surface area contributed by atoms with E-state index in [0.29, 0.717) is 5.76 Å². The Bertz CT molecular complexity index is 635. The lowest BCUT2D eigenvalue weighted by Crippen LogP contribution is -2.18. The van der Waals surface area contributed by atoms with Crippen molar-refractivity contribution in [3.8, 4) is 0 Å². The van der Waals surface area contributed by atoms with E-state index in [1.165, 1.54) is 25.3 Å². The van der Waals surface area contributed by atoms with Crippen LogP contribution in [0.3, 0.4) is 0 Å². The molecule has 156 valence electrons. The smallest absolute Gasteiger partial charge is 0.309 e. The van der Waals surface area contributed by atoms with Crippen LogP contribution in [0.1, 0.15) is 89.6 Å². The van der Waals surface area contributed by atoms with Gasteiger partial charge in [-0.25, -0.2) is 0 Å². The molecule has 1 heterocycles. The van der Waals surface area contributed by atoms with Gasteiger partial charge in [-0.3, -0.25) is 9.35 Å². The number of hydrogen-bond donors (Lipinski definition) is 1. The minimum Gasteiger partial charge on any atom is -0.461 e. The molecule has 0 bridgehead atoms. The Morgan fingerprint density at radius 1 is 1.00 bits per heavy atom. The maximum atomic E-state index is 12.5. The normalized spacial score (nSPS) is 12.9. The molecule has 1 aromatic rings. The van der Waals surface area contributed by atoms with Gasteiger partial charge in [-0.05, 0) is 25.0 Å². The molecule has 0 radical (unpaired) electrons. The molecule has 1 aromatic heterocycles. The highest BCUT2D eigenvalue weighted by atomic mass is 32.2. The summed E-state index contributed by atoms with van der Waals surface area (Å²) in [6.45, 7) is 4.30. The highest BCUT2D eigenvalue weighted by Gasteiger charge is 2.20. The average Bonchev–Trinajstić information content (AvgIpc) is 3.03. The van der Waals surface area contributed by atoms with Crippen LogP contribution in [-0.4, -0.2) is 18.9 Å². The molecule has 0 aliphatic rings. The summed E-state index contributed by atoms with van der Waals surface area (Å²) >= 11 is 0. The lowest BCUT2D eigenvalue weighted by Gasteiger charge is -2.15. The molecule has 1 rings (SSSR count). The van der Waals surface area contributed by atoms with Crippen LogP contribution in [-0.2, 0) is 32.0 Å². The van der Waals surface area contributed by atoms with E-state index in [0.717, 1.165) is 44.9 Å². The summed E-state index contributed by atoms with van der Waals surface area (Å²) in [5.74, 6) is -0.394. The van der Waals surface area contributed by atoms with Gasteiger partial charge in [0.2, 0.25) is 0 Å². The van der Waals surface area contributed by atoms with Gasteiger partial charge < -0.3 is 9.15 Å². The monoisotopic (exact) mass is 402 g/mol. The van der Waals surface area contributed by atoms with Crippen molar-refractivity contribution in [2.24, 2.45) is 5.92 Å². The number of esters is 1. The summed E-state index contributed by atoms with van der Waals surface area (Å²) in [5.41, 5.74) is 0. The Morgan fingerprint density at radius 2 is 1.56 bits per heavy atom. The summed E-state index contributed by atoms with van der Waals surface area (Å²) in [5, 5.41) is 0. The number of furan rings is 1. The summed E-state index contributed by atoms with van der Waals surface area (Å²) in [6.07, 6.45) is 10.7. The summed E-state index contributed by atoms with van der Waals surface area (Å²) < 4.78 is 41.3. The maximum absolute atomic E-state index is 12.5. The number of ether oxygens (including phenoxy) is 1. The molecule has 0 aliphatic carbocycles. The average molecular weight is 403 g/mol. The Labute approximate surface area is 163 Å². The Kier molecular flexibility index (Phi) is 11.4. The third kappa shape index (κ3) is 11.2. The molecular formula is C20H34O6S. The van der Waals surface area contributed by atoms with Gasteiger partial charge in [-0.15, -0.1) is 0 Å². The van der Waals surface area contributed by atoms with Crippen LogP contribution in [0.15, 0.2) is 16.5 Å². The maximum Gasteiger partial charge on any atom is 0.309 e. The van der Waals surface area contributed by atoms with Gasteiger partial charge in [-0.1, -0.05) is 65.2 Å². The molecule has 0 aliphatic heterocycles. The molecule has 0 saturated heterocycles. The molecule has 0 spiro atoms. The Balaban J connectivity index is 2.48. The van der Waals surface area contributed by atoms with Crippen LogP contribution < -0.4 is 0 Å². The van der Waals surface area contributed by atoms with Crippen molar-refractivity contribution in [3.63, 3.8) is 0 Å². The van der Waals surface area contributed by atoms with Crippen molar-refractivity contribution >= 4 is 16.1 Å². The van der Waals surface area contributed by atoms with Gasteiger partial charge >= 0.3 is 5.97 Å². The van der Waals surface area contributed by atoms with E-state index < -0.39 is 15.9 Å². The third-order valence-electron chi connectivity index (χ3n) is 4.54. The molecule has 0 fully saturated rings. The van der Waals surface area contributed by atoms with Gasteiger partial charge in [0.05, 0.1) is 5.92 Å². The van der Waals surface area contributed by atoms with Crippen LogP contribution in [0.2, 0.25) is 0 Å². The van der Waals surface area contributed by atoms with E-state index in [4.69, 9.17) is 13.7 Å². The zero-order valence-corrected chi connectivity index (χ0v) is 17.4. The van der Waals surface area contributed by atoms with Gasteiger partial charge in [0.25, 0.3) is 10.1 Å². The van der Waals surface area contributed by atoms with Crippen molar-refractivity contribution in [1.29, 1.82) is 0 Å². The number of rotatable bonds is 15. The molecule has 6 nitrogen and oxygen atoms in total. The van der Waals surface area contributed by atoms with Crippen molar-refractivity contribution < 1.29 is 26.9 Å². The van der Waals surface area contributed by atoms with Crippen LogP contribution in [0.25, 0.3) is 0 Å². The first-order valence-corrected chi connectivity index (χ1v) is 11.7. The Morgan fingerprint density at radius 3 is 2.19 bits per heavy atom. The van der Waals surface area contributed by atoms with E-state index in [2.05, 4.69) is 13.8 Å². The molecular weight excluding hydrogens is 368 g/mol. The summed E-state index contributed by atoms with van der Waals surface area (Å²) in [6, 6.07) is 3.02. The topological polar surface area (TPSA) is 93.8 Å². The highest BCUT2D eigenvalue weighted by Crippen LogP contribution is 2.21. The minimum atomic E-state index is -4.14. The quantitative estimate of drug-likeness (QED) is 0.244. The van der Waals surface area contributed by atoms with E-state index >= 15 is 0 Å². The molecule has 7 heteroatoms. The summed E-state index contributed by atoms with van der Waals surface area (Å²) in [7, 11) is -4.14. The lowest BCUT2D eigenvalue weighted by molar-refractivity contribution is -0.151. The largest absolute Gasteiger partial charge is 0.461 e.